The largest absolute Gasteiger partial charge is 0.218 e. The van der Waals surface area contributed by atoms with Gasteiger partial charge in [-0.2, -0.15) is 0 Å². The molecule has 2 aromatic carbocycles. The molecule has 3 rings (SSSR count). The second-order valence-electron chi connectivity index (χ2n) is 5.13. The van der Waals surface area contributed by atoms with Crippen molar-refractivity contribution in [1.29, 1.82) is 0 Å². The number of hydrogen-bond acceptors (Lipinski definition) is 3. The molecule has 0 fully saturated rings. The quantitative estimate of drug-likeness (QED) is 0.693. The standard InChI is InChI=1S/C18H16O2S2/c1-14(15-8-4-2-5-9-15)18-12-17(13-21-18)22(19,20)16-10-6-3-7-11-16/h2-14H,1H3. The van der Waals surface area contributed by atoms with Gasteiger partial charge in [-0.05, 0) is 23.8 Å². The molecule has 0 aliphatic heterocycles. The molecule has 0 spiro atoms. The van der Waals surface area contributed by atoms with Crippen LogP contribution >= 0.6 is 11.3 Å². The van der Waals surface area contributed by atoms with E-state index in [1.807, 2.05) is 24.3 Å². The van der Waals surface area contributed by atoms with Gasteiger partial charge in [0.1, 0.15) is 0 Å². The molecule has 0 aliphatic rings. The van der Waals surface area contributed by atoms with Gasteiger partial charge in [-0.3, -0.25) is 0 Å². The van der Waals surface area contributed by atoms with E-state index in [4.69, 9.17) is 0 Å². The Labute approximate surface area is 135 Å². The lowest BCUT2D eigenvalue weighted by Crippen LogP contribution is -2.00. The predicted molar refractivity (Wildman–Crippen MR) is 90.2 cm³/mol. The maximum absolute atomic E-state index is 12.6. The zero-order chi connectivity index (χ0) is 15.6. The first-order valence-corrected chi connectivity index (χ1v) is 9.39. The van der Waals surface area contributed by atoms with Crippen molar-refractivity contribution in [2.75, 3.05) is 0 Å². The summed E-state index contributed by atoms with van der Waals surface area (Å²) in [5.74, 6) is 0.186. The summed E-state index contributed by atoms with van der Waals surface area (Å²) in [6.07, 6.45) is 0. The zero-order valence-electron chi connectivity index (χ0n) is 12.1. The molecule has 112 valence electrons. The molecule has 1 aromatic heterocycles. The molecule has 3 aromatic rings. The van der Waals surface area contributed by atoms with Crippen LogP contribution in [0.1, 0.15) is 23.3 Å². The van der Waals surface area contributed by atoms with Gasteiger partial charge in [-0.15, -0.1) is 11.3 Å². The first-order chi connectivity index (χ1) is 10.6. The Hall–Kier alpha value is -1.91. The van der Waals surface area contributed by atoms with E-state index in [2.05, 4.69) is 19.1 Å². The fourth-order valence-corrected chi connectivity index (χ4v) is 4.99. The molecule has 0 amide bonds. The van der Waals surface area contributed by atoms with Crippen LogP contribution in [0.5, 0.6) is 0 Å². The van der Waals surface area contributed by atoms with E-state index < -0.39 is 9.84 Å². The number of sulfone groups is 1. The van der Waals surface area contributed by atoms with Crippen molar-refractivity contribution in [3.63, 3.8) is 0 Å². The van der Waals surface area contributed by atoms with E-state index in [1.54, 1.807) is 35.7 Å². The van der Waals surface area contributed by atoms with Crippen LogP contribution < -0.4 is 0 Å². The summed E-state index contributed by atoms with van der Waals surface area (Å²) in [5.41, 5.74) is 1.19. The van der Waals surface area contributed by atoms with E-state index in [0.29, 0.717) is 9.79 Å². The molecule has 0 aliphatic carbocycles. The first-order valence-electron chi connectivity index (χ1n) is 7.02. The van der Waals surface area contributed by atoms with Crippen LogP contribution in [0.25, 0.3) is 0 Å². The lowest BCUT2D eigenvalue weighted by molar-refractivity contribution is 0.596. The first kappa shape index (κ1) is 15.0. The normalized spacial score (nSPS) is 13.0. The highest BCUT2D eigenvalue weighted by atomic mass is 32.2. The maximum Gasteiger partial charge on any atom is 0.207 e. The highest BCUT2D eigenvalue weighted by Gasteiger charge is 2.20. The third kappa shape index (κ3) is 2.85. The Kier molecular flexibility index (Phi) is 4.14. The van der Waals surface area contributed by atoms with Crippen molar-refractivity contribution in [1.82, 2.24) is 0 Å². The van der Waals surface area contributed by atoms with Crippen LogP contribution in [0, 0.1) is 0 Å². The third-order valence-electron chi connectivity index (χ3n) is 3.69. The molecule has 4 heteroatoms. The summed E-state index contributed by atoms with van der Waals surface area (Å²) in [7, 11) is -3.42. The van der Waals surface area contributed by atoms with Crippen LogP contribution in [-0.2, 0) is 9.84 Å². The number of hydrogen-bond donors (Lipinski definition) is 0. The Morgan fingerprint density at radius 2 is 1.45 bits per heavy atom. The Morgan fingerprint density at radius 3 is 2.09 bits per heavy atom. The summed E-state index contributed by atoms with van der Waals surface area (Å²) < 4.78 is 25.2. The average molecular weight is 328 g/mol. The van der Waals surface area contributed by atoms with E-state index >= 15 is 0 Å². The molecule has 1 heterocycles. The van der Waals surface area contributed by atoms with Crippen molar-refractivity contribution in [2.45, 2.75) is 22.6 Å². The van der Waals surface area contributed by atoms with Gasteiger partial charge in [0.05, 0.1) is 9.79 Å². The van der Waals surface area contributed by atoms with Crippen LogP contribution in [0.4, 0.5) is 0 Å². The van der Waals surface area contributed by atoms with Gasteiger partial charge in [0, 0.05) is 16.2 Å². The topological polar surface area (TPSA) is 34.1 Å². The molecule has 0 saturated carbocycles. The Morgan fingerprint density at radius 1 is 0.864 bits per heavy atom. The van der Waals surface area contributed by atoms with Crippen molar-refractivity contribution >= 4 is 21.2 Å². The number of benzene rings is 2. The highest BCUT2D eigenvalue weighted by molar-refractivity contribution is 7.91. The molecule has 1 unspecified atom stereocenters. The van der Waals surface area contributed by atoms with Gasteiger partial charge in [0.15, 0.2) is 0 Å². The van der Waals surface area contributed by atoms with E-state index in [0.717, 1.165) is 4.88 Å². The fraction of sp³-hybridized carbons (Fsp3) is 0.111. The molecule has 0 radical (unpaired) electrons. The van der Waals surface area contributed by atoms with E-state index in [9.17, 15) is 8.42 Å². The molecule has 22 heavy (non-hydrogen) atoms. The van der Waals surface area contributed by atoms with Crippen LogP contribution in [-0.4, -0.2) is 8.42 Å². The lowest BCUT2D eigenvalue weighted by Gasteiger charge is -2.09. The predicted octanol–water partition coefficient (Wildman–Crippen LogP) is 4.73. The molecule has 1 atom stereocenters. The highest BCUT2D eigenvalue weighted by Crippen LogP contribution is 2.33. The molecular weight excluding hydrogens is 312 g/mol. The van der Waals surface area contributed by atoms with Crippen molar-refractivity contribution in [3.8, 4) is 0 Å². The van der Waals surface area contributed by atoms with Gasteiger partial charge >= 0.3 is 0 Å². The van der Waals surface area contributed by atoms with Gasteiger partial charge in [0.25, 0.3) is 0 Å². The zero-order valence-corrected chi connectivity index (χ0v) is 13.8. The minimum Gasteiger partial charge on any atom is -0.218 e. The SMILES string of the molecule is CC(c1ccccc1)c1cc(S(=O)(=O)c2ccccc2)cs1. The Bertz CT molecular complexity index is 850. The smallest absolute Gasteiger partial charge is 0.207 e. The number of thiophene rings is 1. The number of rotatable bonds is 4. The second-order valence-corrected chi connectivity index (χ2v) is 8.03. The summed E-state index contributed by atoms with van der Waals surface area (Å²) in [5, 5.41) is 1.73. The Balaban J connectivity index is 1.95. The molecule has 0 N–H and O–H groups in total. The summed E-state index contributed by atoms with van der Waals surface area (Å²) >= 11 is 1.49. The molecular formula is C18H16O2S2. The molecule has 0 bridgehead atoms. The summed E-state index contributed by atoms with van der Waals surface area (Å²) in [4.78, 5) is 1.77. The lowest BCUT2D eigenvalue weighted by atomic mass is 10.00. The average Bonchev–Trinajstić information content (AvgIpc) is 3.06. The minimum atomic E-state index is -3.42. The van der Waals surface area contributed by atoms with E-state index in [1.165, 1.54) is 16.9 Å². The summed E-state index contributed by atoms with van der Waals surface area (Å²) in [6.45, 7) is 2.10. The molecule has 0 saturated heterocycles. The van der Waals surface area contributed by atoms with Crippen molar-refractivity contribution in [2.24, 2.45) is 0 Å². The third-order valence-corrected chi connectivity index (χ3v) is 6.70. The fourth-order valence-electron chi connectivity index (χ4n) is 2.34. The second kappa shape index (κ2) is 6.07. The van der Waals surface area contributed by atoms with Gasteiger partial charge in [-0.1, -0.05) is 55.5 Å². The van der Waals surface area contributed by atoms with Crippen LogP contribution in [0.2, 0.25) is 0 Å². The van der Waals surface area contributed by atoms with Crippen LogP contribution in [0.3, 0.4) is 0 Å². The van der Waals surface area contributed by atoms with Crippen LogP contribution in [0.15, 0.2) is 81.9 Å². The van der Waals surface area contributed by atoms with Gasteiger partial charge < -0.3 is 0 Å². The van der Waals surface area contributed by atoms with Crippen molar-refractivity contribution in [3.05, 3.63) is 82.6 Å². The summed E-state index contributed by atoms with van der Waals surface area (Å²) in [6, 6.07) is 20.5. The van der Waals surface area contributed by atoms with Gasteiger partial charge in [-0.25, -0.2) is 8.42 Å². The van der Waals surface area contributed by atoms with E-state index in [-0.39, 0.29) is 5.92 Å². The van der Waals surface area contributed by atoms with Gasteiger partial charge in [0.2, 0.25) is 9.84 Å². The van der Waals surface area contributed by atoms with Crippen molar-refractivity contribution < 1.29 is 8.42 Å². The molecule has 2 nitrogen and oxygen atoms in total. The maximum atomic E-state index is 12.6. The monoisotopic (exact) mass is 328 g/mol. The minimum absolute atomic E-state index is 0.186.